The highest BCUT2D eigenvalue weighted by Crippen LogP contribution is 2.37. The zero-order valence-corrected chi connectivity index (χ0v) is 15.7. The van der Waals surface area contributed by atoms with E-state index in [4.69, 9.17) is 23.2 Å². The smallest absolute Gasteiger partial charge is 0.267 e. The Labute approximate surface area is 155 Å². The summed E-state index contributed by atoms with van der Waals surface area (Å²) in [6.07, 6.45) is 1.09. The van der Waals surface area contributed by atoms with Gasteiger partial charge >= 0.3 is 0 Å². The molecule has 124 valence electrons. The number of hydrogen-bond donors (Lipinski definition) is 1. The first-order valence-electron chi connectivity index (χ1n) is 7.78. The summed E-state index contributed by atoms with van der Waals surface area (Å²) in [5.74, 6) is 0.310. The molecule has 0 radical (unpaired) electrons. The van der Waals surface area contributed by atoms with E-state index < -0.39 is 0 Å². The van der Waals surface area contributed by atoms with Gasteiger partial charge in [-0.1, -0.05) is 55.2 Å². The first-order chi connectivity index (χ1) is 11.5. The number of rotatable bonds is 4. The van der Waals surface area contributed by atoms with Gasteiger partial charge in [0, 0.05) is 20.8 Å². The molecule has 3 rings (SSSR count). The minimum atomic E-state index is -0.200. The van der Waals surface area contributed by atoms with E-state index in [9.17, 15) is 4.79 Å². The molecule has 0 aliphatic carbocycles. The largest absolute Gasteiger partial charge is 0.321 e. The van der Waals surface area contributed by atoms with E-state index in [0.29, 0.717) is 20.8 Å². The molecule has 1 amide bonds. The highest BCUT2D eigenvalue weighted by Gasteiger charge is 2.17. The third-order valence-corrected chi connectivity index (χ3v) is 6.04. The molecular formula is C19H17Cl2NOS. The highest BCUT2D eigenvalue weighted by atomic mass is 35.5. The second-order valence-electron chi connectivity index (χ2n) is 5.77. The average Bonchev–Trinajstić information content (AvgIpc) is 2.91. The SMILES string of the molecule is CC[C@H](C)c1ccc(NC(=O)c2sc3cc(Cl)ccc3c2Cl)cc1. The van der Waals surface area contributed by atoms with Crippen molar-refractivity contribution in [2.45, 2.75) is 26.2 Å². The zero-order chi connectivity index (χ0) is 17.3. The minimum absolute atomic E-state index is 0.200. The molecule has 1 aromatic heterocycles. The van der Waals surface area contributed by atoms with Crippen LogP contribution >= 0.6 is 34.5 Å². The maximum Gasteiger partial charge on any atom is 0.267 e. The van der Waals surface area contributed by atoms with Crippen molar-refractivity contribution in [2.24, 2.45) is 0 Å². The van der Waals surface area contributed by atoms with E-state index in [1.165, 1.54) is 16.9 Å². The Hall–Kier alpha value is -1.55. The van der Waals surface area contributed by atoms with Gasteiger partial charge in [-0.25, -0.2) is 0 Å². The molecule has 0 aliphatic heterocycles. The number of benzene rings is 2. The second-order valence-corrected chi connectivity index (χ2v) is 7.64. The van der Waals surface area contributed by atoms with Crippen LogP contribution in [0.3, 0.4) is 0 Å². The summed E-state index contributed by atoms with van der Waals surface area (Å²) in [6.45, 7) is 4.35. The number of fused-ring (bicyclic) bond motifs is 1. The second kappa shape index (κ2) is 7.14. The lowest BCUT2D eigenvalue weighted by Gasteiger charge is -2.10. The van der Waals surface area contributed by atoms with Gasteiger partial charge in [-0.05, 0) is 42.2 Å². The van der Waals surface area contributed by atoms with E-state index in [1.807, 2.05) is 24.3 Å². The van der Waals surface area contributed by atoms with Crippen LogP contribution in [0.5, 0.6) is 0 Å². The van der Waals surface area contributed by atoms with Crippen LogP contribution in [0.25, 0.3) is 10.1 Å². The zero-order valence-electron chi connectivity index (χ0n) is 13.4. The van der Waals surface area contributed by atoms with E-state index in [-0.39, 0.29) is 5.91 Å². The monoisotopic (exact) mass is 377 g/mol. The molecule has 1 N–H and O–H groups in total. The Morgan fingerprint density at radius 3 is 2.54 bits per heavy atom. The van der Waals surface area contributed by atoms with Crippen LogP contribution in [0.4, 0.5) is 5.69 Å². The third-order valence-electron chi connectivity index (χ3n) is 4.15. The fourth-order valence-electron chi connectivity index (χ4n) is 2.50. The lowest BCUT2D eigenvalue weighted by molar-refractivity contribution is 0.103. The number of nitrogens with one attached hydrogen (secondary N) is 1. The van der Waals surface area contributed by atoms with Gasteiger partial charge < -0.3 is 5.32 Å². The molecule has 0 spiro atoms. The van der Waals surface area contributed by atoms with Crippen LogP contribution < -0.4 is 5.32 Å². The first-order valence-corrected chi connectivity index (χ1v) is 9.35. The third kappa shape index (κ3) is 3.44. The Morgan fingerprint density at radius 1 is 1.17 bits per heavy atom. The van der Waals surface area contributed by atoms with Crippen molar-refractivity contribution >= 4 is 56.2 Å². The van der Waals surface area contributed by atoms with Crippen LogP contribution in [0.1, 0.15) is 41.4 Å². The van der Waals surface area contributed by atoms with Crippen molar-refractivity contribution in [3.8, 4) is 0 Å². The molecule has 5 heteroatoms. The minimum Gasteiger partial charge on any atom is -0.321 e. The maximum atomic E-state index is 12.5. The van der Waals surface area contributed by atoms with Gasteiger partial charge in [0.05, 0.1) is 5.02 Å². The maximum absolute atomic E-state index is 12.5. The molecular weight excluding hydrogens is 361 g/mol. The molecule has 24 heavy (non-hydrogen) atoms. The fourth-order valence-corrected chi connectivity index (χ4v) is 4.19. The van der Waals surface area contributed by atoms with Crippen molar-refractivity contribution in [1.29, 1.82) is 0 Å². The summed E-state index contributed by atoms with van der Waals surface area (Å²) in [7, 11) is 0. The molecule has 0 fully saturated rings. The van der Waals surface area contributed by atoms with Gasteiger partial charge in [-0.2, -0.15) is 0 Å². The van der Waals surface area contributed by atoms with E-state index in [2.05, 4.69) is 31.3 Å². The quantitative estimate of drug-likeness (QED) is 0.522. The number of carbonyl (C=O) groups is 1. The summed E-state index contributed by atoms with van der Waals surface area (Å²) in [4.78, 5) is 13.0. The number of hydrogen-bond acceptors (Lipinski definition) is 2. The van der Waals surface area contributed by atoms with Crippen molar-refractivity contribution in [1.82, 2.24) is 0 Å². The molecule has 0 aliphatic rings. The number of thiophene rings is 1. The molecule has 2 aromatic carbocycles. The molecule has 0 saturated heterocycles. The van der Waals surface area contributed by atoms with E-state index in [1.54, 1.807) is 6.07 Å². The van der Waals surface area contributed by atoms with Gasteiger partial charge in [0.1, 0.15) is 4.88 Å². The Balaban J connectivity index is 1.83. The summed E-state index contributed by atoms with van der Waals surface area (Å²) in [5.41, 5.74) is 2.03. The summed E-state index contributed by atoms with van der Waals surface area (Å²) >= 11 is 13.7. The number of anilines is 1. The average molecular weight is 378 g/mol. The van der Waals surface area contributed by atoms with Gasteiger partial charge in [-0.15, -0.1) is 11.3 Å². The Morgan fingerprint density at radius 2 is 1.88 bits per heavy atom. The van der Waals surface area contributed by atoms with Crippen LogP contribution in [0, 0.1) is 0 Å². The van der Waals surface area contributed by atoms with Crippen molar-refractivity contribution in [3.63, 3.8) is 0 Å². The molecule has 0 bridgehead atoms. The van der Waals surface area contributed by atoms with E-state index >= 15 is 0 Å². The Bertz CT molecular complexity index is 886. The first kappa shape index (κ1) is 17.3. The fraction of sp³-hybridized carbons (Fsp3) is 0.211. The number of halogens is 2. The molecule has 0 saturated carbocycles. The van der Waals surface area contributed by atoms with Gasteiger partial charge in [0.15, 0.2) is 0 Å². The van der Waals surface area contributed by atoms with Gasteiger partial charge in [0.2, 0.25) is 0 Å². The van der Waals surface area contributed by atoms with Crippen molar-refractivity contribution in [2.75, 3.05) is 5.32 Å². The predicted octanol–water partition coefficient (Wildman–Crippen LogP) is 6.97. The van der Waals surface area contributed by atoms with Crippen LogP contribution in [-0.2, 0) is 0 Å². The molecule has 0 unspecified atom stereocenters. The highest BCUT2D eigenvalue weighted by molar-refractivity contribution is 7.21. The summed E-state index contributed by atoms with van der Waals surface area (Å²) in [6, 6.07) is 13.4. The summed E-state index contributed by atoms with van der Waals surface area (Å²) in [5, 5.41) is 4.87. The Kier molecular flexibility index (Phi) is 5.14. The van der Waals surface area contributed by atoms with Crippen molar-refractivity contribution in [3.05, 3.63) is 63.0 Å². The predicted molar refractivity (Wildman–Crippen MR) is 105 cm³/mol. The van der Waals surface area contributed by atoms with E-state index in [0.717, 1.165) is 22.2 Å². The summed E-state index contributed by atoms with van der Waals surface area (Å²) < 4.78 is 0.907. The molecule has 3 aromatic rings. The normalized spacial score (nSPS) is 12.3. The topological polar surface area (TPSA) is 29.1 Å². The molecule has 1 atom stereocenters. The molecule has 2 nitrogen and oxygen atoms in total. The van der Waals surface area contributed by atoms with Crippen molar-refractivity contribution < 1.29 is 4.79 Å². The lowest BCUT2D eigenvalue weighted by atomic mass is 9.99. The van der Waals surface area contributed by atoms with Gasteiger partial charge in [0.25, 0.3) is 5.91 Å². The van der Waals surface area contributed by atoms with Crippen LogP contribution in [0.15, 0.2) is 42.5 Å². The molecule has 1 heterocycles. The van der Waals surface area contributed by atoms with Crippen LogP contribution in [-0.4, -0.2) is 5.91 Å². The standard InChI is InChI=1S/C19H17Cl2NOS/c1-3-11(2)12-4-7-14(8-5-12)22-19(23)18-17(21)15-9-6-13(20)10-16(15)24-18/h4-11H,3H2,1-2H3,(H,22,23)/t11-/m0/s1. The van der Waals surface area contributed by atoms with Crippen LogP contribution in [0.2, 0.25) is 10.0 Å². The van der Waals surface area contributed by atoms with Gasteiger partial charge in [-0.3, -0.25) is 4.79 Å². The lowest BCUT2D eigenvalue weighted by Crippen LogP contribution is -2.10. The number of amides is 1. The number of carbonyl (C=O) groups excluding carboxylic acids is 1.